The average Bonchev–Trinajstić information content (AvgIpc) is 2.06. The molecule has 0 aromatic carbocycles. The van der Waals surface area contributed by atoms with Gasteiger partial charge in [-0.25, -0.2) is 0 Å². The van der Waals surface area contributed by atoms with E-state index in [0.29, 0.717) is 0 Å². The van der Waals surface area contributed by atoms with E-state index in [1.165, 1.54) is 6.42 Å². The SMILES string of the molecule is CC#CC1=C(C=O)CCCC1. The summed E-state index contributed by atoms with van der Waals surface area (Å²) in [5.74, 6) is 5.82. The van der Waals surface area contributed by atoms with Crippen LogP contribution >= 0.6 is 0 Å². The van der Waals surface area contributed by atoms with E-state index >= 15 is 0 Å². The van der Waals surface area contributed by atoms with Crippen molar-refractivity contribution in [1.29, 1.82) is 0 Å². The molecule has 0 saturated carbocycles. The minimum absolute atomic E-state index is 0.922. The molecule has 0 radical (unpaired) electrons. The van der Waals surface area contributed by atoms with E-state index in [2.05, 4.69) is 11.8 Å². The van der Waals surface area contributed by atoms with Crippen molar-refractivity contribution in [1.82, 2.24) is 0 Å². The largest absolute Gasteiger partial charge is 0.298 e. The molecule has 0 unspecified atom stereocenters. The summed E-state index contributed by atoms with van der Waals surface area (Å²) >= 11 is 0. The molecule has 1 nitrogen and oxygen atoms in total. The zero-order valence-electron chi connectivity index (χ0n) is 6.81. The Hall–Kier alpha value is -1.03. The van der Waals surface area contributed by atoms with E-state index in [0.717, 1.165) is 36.7 Å². The smallest absolute Gasteiger partial charge is 0.146 e. The Morgan fingerprint density at radius 3 is 2.73 bits per heavy atom. The van der Waals surface area contributed by atoms with Crippen LogP contribution in [0, 0.1) is 11.8 Å². The van der Waals surface area contributed by atoms with E-state index in [1.54, 1.807) is 0 Å². The standard InChI is InChI=1S/C10H12O/c1-2-5-9-6-3-4-7-10(9)8-11/h8H,3-4,6-7H2,1H3. The van der Waals surface area contributed by atoms with Crippen molar-refractivity contribution in [2.75, 3.05) is 0 Å². The second kappa shape index (κ2) is 3.98. The monoisotopic (exact) mass is 148 g/mol. The molecule has 11 heavy (non-hydrogen) atoms. The van der Waals surface area contributed by atoms with Gasteiger partial charge in [-0.1, -0.05) is 5.92 Å². The minimum Gasteiger partial charge on any atom is -0.298 e. The fraction of sp³-hybridized carbons (Fsp3) is 0.500. The number of carbonyl (C=O) groups is 1. The number of hydrogen-bond donors (Lipinski definition) is 0. The van der Waals surface area contributed by atoms with E-state index < -0.39 is 0 Å². The van der Waals surface area contributed by atoms with Gasteiger partial charge in [-0.15, -0.1) is 5.92 Å². The molecule has 0 N–H and O–H groups in total. The fourth-order valence-corrected chi connectivity index (χ4v) is 1.35. The lowest BCUT2D eigenvalue weighted by molar-refractivity contribution is -0.105. The molecule has 0 amide bonds. The molecule has 58 valence electrons. The molecule has 0 heterocycles. The lowest BCUT2D eigenvalue weighted by Gasteiger charge is -2.11. The van der Waals surface area contributed by atoms with Crippen molar-refractivity contribution < 1.29 is 4.79 Å². The van der Waals surface area contributed by atoms with Crippen molar-refractivity contribution in [2.24, 2.45) is 0 Å². The Kier molecular flexibility index (Phi) is 2.92. The highest BCUT2D eigenvalue weighted by molar-refractivity contribution is 5.76. The first-order chi connectivity index (χ1) is 5.38. The maximum absolute atomic E-state index is 10.5. The summed E-state index contributed by atoms with van der Waals surface area (Å²) in [5.41, 5.74) is 1.99. The Morgan fingerprint density at radius 2 is 2.09 bits per heavy atom. The molecule has 0 atom stereocenters. The van der Waals surface area contributed by atoms with Crippen LogP contribution in [0.4, 0.5) is 0 Å². The van der Waals surface area contributed by atoms with Crippen molar-refractivity contribution in [3.63, 3.8) is 0 Å². The molecule has 0 spiro atoms. The molecule has 0 bridgehead atoms. The Morgan fingerprint density at radius 1 is 1.36 bits per heavy atom. The third-order valence-electron chi connectivity index (χ3n) is 1.93. The van der Waals surface area contributed by atoms with Gasteiger partial charge in [0.05, 0.1) is 0 Å². The zero-order valence-corrected chi connectivity index (χ0v) is 6.81. The van der Waals surface area contributed by atoms with Gasteiger partial charge in [-0.2, -0.15) is 0 Å². The van der Waals surface area contributed by atoms with Crippen LogP contribution in [0.15, 0.2) is 11.1 Å². The number of hydrogen-bond acceptors (Lipinski definition) is 1. The van der Waals surface area contributed by atoms with Crippen LogP contribution in [-0.2, 0) is 4.79 Å². The third kappa shape index (κ3) is 1.94. The molecule has 1 aliphatic rings. The van der Waals surface area contributed by atoms with Gasteiger partial charge >= 0.3 is 0 Å². The molecule has 1 heteroatoms. The van der Waals surface area contributed by atoms with Crippen LogP contribution in [-0.4, -0.2) is 6.29 Å². The van der Waals surface area contributed by atoms with Crippen molar-refractivity contribution in [3.05, 3.63) is 11.1 Å². The maximum atomic E-state index is 10.5. The van der Waals surface area contributed by atoms with Crippen LogP contribution in [0.3, 0.4) is 0 Å². The van der Waals surface area contributed by atoms with Gasteiger partial charge in [0.1, 0.15) is 6.29 Å². The molecule has 0 aromatic heterocycles. The van der Waals surface area contributed by atoms with Crippen molar-refractivity contribution in [3.8, 4) is 11.8 Å². The van der Waals surface area contributed by atoms with Gasteiger partial charge in [0, 0.05) is 11.1 Å². The summed E-state index contributed by atoms with van der Waals surface area (Å²) in [5, 5.41) is 0. The normalized spacial score (nSPS) is 17.2. The van der Waals surface area contributed by atoms with Crippen LogP contribution < -0.4 is 0 Å². The van der Waals surface area contributed by atoms with Gasteiger partial charge in [0.2, 0.25) is 0 Å². The molecule has 0 saturated heterocycles. The topological polar surface area (TPSA) is 17.1 Å². The van der Waals surface area contributed by atoms with E-state index in [9.17, 15) is 4.79 Å². The molecular weight excluding hydrogens is 136 g/mol. The Bertz CT molecular complexity index is 237. The number of rotatable bonds is 1. The first-order valence-corrected chi connectivity index (χ1v) is 3.98. The van der Waals surface area contributed by atoms with Crippen LogP contribution in [0.2, 0.25) is 0 Å². The first-order valence-electron chi connectivity index (χ1n) is 3.98. The summed E-state index contributed by atoms with van der Waals surface area (Å²) in [4.78, 5) is 10.5. The Labute approximate surface area is 67.5 Å². The summed E-state index contributed by atoms with van der Waals surface area (Å²) < 4.78 is 0. The van der Waals surface area contributed by atoms with Gasteiger partial charge in [-0.3, -0.25) is 4.79 Å². The maximum Gasteiger partial charge on any atom is 0.146 e. The quantitative estimate of drug-likeness (QED) is 0.411. The van der Waals surface area contributed by atoms with Crippen LogP contribution in [0.1, 0.15) is 32.6 Å². The number of aldehydes is 1. The highest BCUT2D eigenvalue weighted by Crippen LogP contribution is 2.22. The summed E-state index contributed by atoms with van der Waals surface area (Å²) in [6.45, 7) is 1.81. The Balaban J connectivity index is 2.87. The first kappa shape index (κ1) is 8.07. The molecule has 1 aliphatic carbocycles. The second-order valence-electron chi connectivity index (χ2n) is 2.70. The highest BCUT2D eigenvalue weighted by Gasteiger charge is 2.09. The van der Waals surface area contributed by atoms with Gasteiger partial charge in [0.25, 0.3) is 0 Å². The van der Waals surface area contributed by atoms with Gasteiger partial charge < -0.3 is 0 Å². The van der Waals surface area contributed by atoms with Crippen LogP contribution in [0.25, 0.3) is 0 Å². The minimum atomic E-state index is 0.922. The fourth-order valence-electron chi connectivity index (χ4n) is 1.35. The molecular formula is C10H12O. The summed E-state index contributed by atoms with van der Waals surface area (Å²) in [6, 6.07) is 0. The van der Waals surface area contributed by atoms with E-state index in [1.807, 2.05) is 6.92 Å². The van der Waals surface area contributed by atoms with E-state index in [-0.39, 0.29) is 0 Å². The lowest BCUT2D eigenvalue weighted by atomic mass is 9.93. The van der Waals surface area contributed by atoms with Gasteiger partial charge in [0.15, 0.2) is 0 Å². The molecule has 0 aromatic rings. The summed E-state index contributed by atoms with van der Waals surface area (Å²) in [7, 11) is 0. The summed E-state index contributed by atoms with van der Waals surface area (Å²) in [6.07, 6.45) is 5.20. The second-order valence-corrected chi connectivity index (χ2v) is 2.70. The third-order valence-corrected chi connectivity index (χ3v) is 1.93. The van der Waals surface area contributed by atoms with Crippen molar-refractivity contribution in [2.45, 2.75) is 32.6 Å². The van der Waals surface area contributed by atoms with Gasteiger partial charge in [-0.05, 0) is 32.6 Å². The zero-order chi connectivity index (χ0) is 8.10. The number of carbonyl (C=O) groups excluding carboxylic acids is 1. The highest BCUT2D eigenvalue weighted by atomic mass is 16.1. The number of allylic oxidation sites excluding steroid dienone is 2. The molecule has 1 rings (SSSR count). The molecule has 0 fully saturated rings. The van der Waals surface area contributed by atoms with Crippen LogP contribution in [0.5, 0.6) is 0 Å². The van der Waals surface area contributed by atoms with Crippen molar-refractivity contribution >= 4 is 6.29 Å². The predicted molar refractivity (Wildman–Crippen MR) is 45.0 cm³/mol. The molecule has 0 aliphatic heterocycles. The predicted octanol–water partition coefficient (Wildman–Crippen LogP) is 2.08. The average molecular weight is 148 g/mol. The lowest BCUT2D eigenvalue weighted by Crippen LogP contribution is -1.99. The van der Waals surface area contributed by atoms with E-state index in [4.69, 9.17) is 0 Å².